The maximum Gasteiger partial charge on any atom is 0.328 e. The van der Waals surface area contributed by atoms with E-state index in [9.17, 15) is 14.7 Å². The molecule has 0 aliphatic heterocycles. The number of aliphatic hydroxyl groups is 1. The van der Waals surface area contributed by atoms with Crippen molar-refractivity contribution in [2.24, 2.45) is 0 Å². The molecule has 1 aromatic carbocycles. The molecule has 0 saturated carbocycles. The van der Waals surface area contributed by atoms with Gasteiger partial charge in [0.2, 0.25) is 0 Å². The van der Waals surface area contributed by atoms with Gasteiger partial charge in [-0.2, -0.15) is 0 Å². The highest BCUT2D eigenvalue weighted by atomic mass is 35.5. The van der Waals surface area contributed by atoms with Gasteiger partial charge in [0.05, 0.1) is 6.10 Å². The molecule has 0 radical (unpaired) electrons. The molecule has 5 nitrogen and oxygen atoms in total. The Balaban J connectivity index is 2.90. The summed E-state index contributed by atoms with van der Waals surface area (Å²) in [6.45, 7) is 1.27. The molecule has 0 saturated heterocycles. The standard InChI is InChI=1S/C11H11Cl2NO4/c1-5(15)9(11(17)18)14-10(16)6-2-7(12)4-8(13)3-6/h2-5,9,15H,1H3,(H,14,16)(H,17,18)/t5-,9+/m1/s1. The van der Waals surface area contributed by atoms with Crippen LogP contribution >= 0.6 is 23.2 Å². The molecule has 7 heteroatoms. The van der Waals surface area contributed by atoms with Crippen LogP contribution in [0.15, 0.2) is 18.2 Å². The number of hydrogen-bond donors (Lipinski definition) is 3. The van der Waals surface area contributed by atoms with Crippen molar-refractivity contribution >= 4 is 35.1 Å². The quantitative estimate of drug-likeness (QED) is 0.786. The van der Waals surface area contributed by atoms with Crippen molar-refractivity contribution in [1.29, 1.82) is 0 Å². The van der Waals surface area contributed by atoms with Crippen LogP contribution in [0.3, 0.4) is 0 Å². The van der Waals surface area contributed by atoms with Gasteiger partial charge >= 0.3 is 5.97 Å². The van der Waals surface area contributed by atoms with Gasteiger partial charge in [0.15, 0.2) is 6.04 Å². The Labute approximate surface area is 113 Å². The van der Waals surface area contributed by atoms with Crippen molar-refractivity contribution in [2.75, 3.05) is 0 Å². The smallest absolute Gasteiger partial charge is 0.328 e. The average molecular weight is 292 g/mol. The number of hydrogen-bond acceptors (Lipinski definition) is 3. The summed E-state index contributed by atoms with van der Waals surface area (Å²) >= 11 is 11.5. The van der Waals surface area contributed by atoms with Gasteiger partial charge < -0.3 is 15.5 Å². The highest BCUT2D eigenvalue weighted by Crippen LogP contribution is 2.19. The zero-order valence-corrected chi connectivity index (χ0v) is 10.9. The lowest BCUT2D eigenvalue weighted by Gasteiger charge is -2.17. The molecule has 1 amide bonds. The Kier molecular flexibility index (Phi) is 4.95. The van der Waals surface area contributed by atoms with Crippen molar-refractivity contribution in [3.63, 3.8) is 0 Å². The number of carboxylic acid groups (broad SMARTS) is 1. The average Bonchev–Trinajstić information content (AvgIpc) is 2.23. The Morgan fingerprint density at radius 3 is 2.11 bits per heavy atom. The molecule has 0 aliphatic rings. The number of aliphatic carboxylic acids is 1. The molecule has 3 N–H and O–H groups in total. The fourth-order valence-electron chi connectivity index (χ4n) is 1.30. The normalized spacial score (nSPS) is 13.8. The van der Waals surface area contributed by atoms with Crippen molar-refractivity contribution in [3.05, 3.63) is 33.8 Å². The molecule has 1 aromatic rings. The minimum atomic E-state index is -1.39. The molecular weight excluding hydrogens is 281 g/mol. The maximum atomic E-state index is 11.8. The van der Waals surface area contributed by atoms with Crippen LogP contribution in [-0.2, 0) is 4.79 Å². The number of carbonyl (C=O) groups is 2. The zero-order chi connectivity index (χ0) is 13.9. The lowest BCUT2D eigenvalue weighted by atomic mass is 10.1. The lowest BCUT2D eigenvalue weighted by molar-refractivity contribution is -0.141. The minimum Gasteiger partial charge on any atom is -0.480 e. The molecule has 0 aromatic heterocycles. The van der Waals surface area contributed by atoms with E-state index in [4.69, 9.17) is 28.3 Å². The molecule has 1 rings (SSSR count). The van der Waals surface area contributed by atoms with Crippen molar-refractivity contribution < 1.29 is 19.8 Å². The summed E-state index contributed by atoms with van der Waals surface area (Å²) in [6.07, 6.45) is -1.22. The van der Waals surface area contributed by atoms with Crippen LogP contribution in [0.4, 0.5) is 0 Å². The number of benzene rings is 1. The fraction of sp³-hybridized carbons (Fsp3) is 0.273. The van der Waals surface area contributed by atoms with Gasteiger partial charge in [-0.1, -0.05) is 23.2 Å². The number of carbonyl (C=O) groups excluding carboxylic acids is 1. The Morgan fingerprint density at radius 1 is 1.22 bits per heavy atom. The number of nitrogens with one attached hydrogen (secondary N) is 1. The number of amides is 1. The summed E-state index contributed by atoms with van der Waals surface area (Å²) in [5.74, 6) is -2.00. The third-order valence-corrected chi connectivity index (χ3v) is 2.60. The second-order valence-electron chi connectivity index (χ2n) is 3.69. The summed E-state index contributed by atoms with van der Waals surface area (Å²) < 4.78 is 0. The van der Waals surface area contributed by atoms with E-state index in [0.29, 0.717) is 0 Å². The van der Waals surface area contributed by atoms with Gasteiger partial charge in [0, 0.05) is 15.6 Å². The summed E-state index contributed by atoms with van der Waals surface area (Å²) in [7, 11) is 0. The van der Waals surface area contributed by atoms with E-state index in [1.807, 2.05) is 0 Å². The molecule has 0 fully saturated rings. The summed E-state index contributed by atoms with van der Waals surface area (Å²) in [5, 5.41) is 20.8. The first-order valence-corrected chi connectivity index (χ1v) is 5.74. The third-order valence-electron chi connectivity index (χ3n) is 2.16. The predicted molar refractivity (Wildman–Crippen MR) is 67.0 cm³/mol. The second kappa shape index (κ2) is 6.04. The molecule has 0 heterocycles. The minimum absolute atomic E-state index is 0.124. The molecular formula is C11H11Cl2NO4. The van der Waals surface area contributed by atoms with Crippen molar-refractivity contribution in [1.82, 2.24) is 5.32 Å². The zero-order valence-electron chi connectivity index (χ0n) is 9.35. The highest BCUT2D eigenvalue weighted by molar-refractivity contribution is 6.35. The summed E-state index contributed by atoms with van der Waals surface area (Å²) in [4.78, 5) is 22.6. The van der Waals surface area contributed by atoms with Crippen LogP contribution in [-0.4, -0.2) is 34.2 Å². The van der Waals surface area contributed by atoms with E-state index in [1.54, 1.807) is 0 Å². The van der Waals surface area contributed by atoms with Gasteiger partial charge in [-0.25, -0.2) is 4.79 Å². The summed E-state index contributed by atoms with van der Waals surface area (Å²) in [6, 6.07) is 2.76. The van der Waals surface area contributed by atoms with E-state index in [1.165, 1.54) is 25.1 Å². The molecule has 98 valence electrons. The lowest BCUT2D eigenvalue weighted by Crippen LogP contribution is -2.47. The molecule has 2 atom stereocenters. The van der Waals surface area contributed by atoms with Gasteiger partial charge in [0.1, 0.15) is 0 Å². The predicted octanol–water partition coefficient (Wildman–Crippen LogP) is 1.56. The molecule has 0 spiro atoms. The van der Waals surface area contributed by atoms with Crippen LogP contribution < -0.4 is 5.32 Å². The first-order valence-electron chi connectivity index (χ1n) is 4.99. The topological polar surface area (TPSA) is 86.6 Å². The number of carboxylic acids is 1. The maximum absolute atomic E-state index is 11.8. The van der Waals surface area contributed by atoms with E-state index in [2.05, 4.69) is 5.32 Å². The Morgan fingerprint density at radius 2 is 1.72 bits per heavy atom. The second-order valence-corrected chi connectivity index (χ2v) is 4.56. The SMILES string of the molecule is C[C@@H](O)[C@H](NC(=O)c1cc(Cl)cc(Cl)c1)C(=O)O. The van der Waals surface area contributed by atoms with Crippen LogP contribution in [0.25, 0.3) is 0 Å². The van der Waals surface area contributed by atoms with E-state index in [-0.39, 0.29) is 15.6 Å². The van der Waals surface area contributed by atoms with E-state index in [0.717, 1.165) is 0 Å². The van der Waals surface area contributed by atoms with Gasteiger partial charge in [-0.15, -0.1) is 0 Å². The Bertz CT molecular complexity index is 456. The molecule has 0 unspecified atom stereocenters. The number of rotatable bonds is 4. The van der Waals surface area contributed by atoms with Crippen LogP contribution in [0.1, 0.15) is 17.3 Å². The molecule has 0 bridgehead atoms. The fourth-order valence-corrected chi connectivity index (χ4v) is 1.82. The Hall–Kier alpha value is -1.30. The number of aliphatic hydroxyl groups excluding tert-OH is 1. The third kappa shape index (κ3) is 3.87. The van der Waals surface area contributed by atoms with E-state index < -0.39 is 24.0 Å². The van der Waals surface area contributed by atoms with Gasteiger partial charge in [-0.05, 0) is 25.1 Å². The first kappa shape index (κ1) is 14.8. The van der Waals surface area contributed by atoms with E-state index >= 15 is 0 Å². The van der Waals surface area contributed by atoms with Crippen LogP contribution in [0, 0.1) is 0 Å². The number of halogens is 2. The molecule has 0 aliphatic carbocycles. The highest BCUT2D eigenvalue weighted by Gasteiger charge is 2.25. The van der Waals surface area contributed by atoms with Gasteiger partial charge in [-0.3, -0.25) is 4.79 Å². The van der Waals surface area contributed by atoms with Crippen LogP contribution in [0.2, 0.25) is 10.0 Å². The monoisotopic (exact) mass is 291 g/mol. The molecule has 18 heavy (non-hydrogen) atoms. The van der Waals surface area contributed by atoms with Crippen LogP contribution in [0.5, 0.6) is 0 Å². The van der Waals surface area contributed by atoms with Gasteiger partial charge in [0.25, 0.3) is 5.91 Å². The summed E-state index contributed by atoms with van der Waals surface area (Å²) in [5.41, 5.74) is 0.124. The van der Waals surface area contributed by atoms with Crippen molar-refractivity contribution in [3.8, 4) is 0 Å². The van der Waals surface area contributed by atoms with Crippen molar-refractivity contribution in [2.45, 2.75) is 19.1 Å². The largest absolute Gasteiger partial charge is 0.480 e. The first-order chi connectivity index (χ1) is 8.31.